The number of allylic oxidation sites excluding steroid dienone is 4. The summed E-state index contributed by atoms with van der Waals surface area (Å²) in [7, 11) is 0. The van der Waals surface area contributed by atoms with Crippen molar-refractivity contribution in [3.8, 4) is 6.07 Å². The lowest BCUT2D eigenvalue weighted by molar-refractivity contribution is -0.809. The zero-order valence-electron chi connectivity index (χ0n) is 9.05. The molecule has 0 amide bonds. The largest absolute Gasteiger partial charge is 1.00 e. The van der Waals surface area contributed by atoms with Gasteiger partial charge in [-0.25, -0.2) is 0 Å². The monoisotopic (exact) mass is 237 g/mol. The van der Waals surface area contributed by atoms with Crippen molar-refractivity contribution in [2.75, 3.05) is 0 Å². The lowest BCUT2D eigenvalue weighted by Gasteiger charge is -2.29. The predicted octanol–water partition coefficient (Wildman–Crippen LogP) is -2.55. The summed E-state index contributed by atoms with van der Waals surface area (Å²) in [6.45, 7) is 4.13. The molecule has 0 aromatic carbocycles. The molecule has 0 radical (unpaired) electrons. The first kappa shape index (κ1) is 12.4. The van der Waals surface area contributed by atoms with Gasteiger partial charge >= 0.3 is 5.82 Å². The summed E-state index contributed by atoms with van der Waals surface area (Å²) in [5.74, 6) is 0.575. The highest BCUT2D eigenvalue weighted by atomic mass is 35.5. The van der Waals surface area contributed by atoms with Crippen molar-refractivity contribution in [3.05, 3.63) is 30.1 Å². The van der Waals surface area contributed by atoms with E-state index in [1.165, 1.54) is 0 Å². The molecule has 6 heteroatoms. The normalized spacial score (nSPS) is 27.2. The summed E-state index contributed by atoms with van der Waals surface area (Å²) in [6.07, 6.45) is 8.10. The fourth-order valence-corrected chi connectivity index (χ4v) is 1.72. The van der Waals surface area contributed by atoms with Crippen LogP contribution in [0.4, 0.5) is 0 Å². The zero-order chi connectivity index (χ0) is 10.9. The van der Waals surface area contributed by atoms with E-state index in [0.717, 1.165) is 0 Å². The Morgan fingerprint density at radius 3 is 2.94 bits per heavy atom. The maximum absolute atomic E-state index is 8.90. The minimum absolute atomic E-state index is 0. The number of tetrazole rings is 1. The molecule has 0 fully saturated rings. The van der Waals surface area contributed by atoms with Gasteiger partial charge in [-0.1, -0.05) is 30.4 Å². The molecule has 0 saturated heterocycles. The van der Waals surface area contributed by atoms with Gasteiger partial charge in [0.25, 0.3) is 0 Å². The highest BCUT2D eigenvalue weighted by Crippen LogP contribution is 2.25. The van der Waals surface area contributed by atoms with E-state index in [0.29, 0.717) is 5.82 Å². The molecule has 5 nitrogen and oxygen atoms in total. The number of H-pyrrole nitrogens is 1. The van der Waals surface area contributed by atoms with Crippen molar-refractivity contribution in [2.24, 2.45) is 5.92 Å². The van der Waals surface area contributed by atoms with Gasteiger partial charge in [-0.05, 0) is 13.0 Å². The molecule has 0 bridgehead atoms. The molecule has 2 atom stereocenters. The molecule has 1 aromatic heterocycles. The molecule has 1 N–H and O–H groups in total. The summed E-state index contributed by atoms with van der Waals surface area (Å²) < 4.78 is 1.69. The number of nitrogens with one attached hydrogen (secondary N) is 1. The average Bonchev–Trinajstić information content (AvgIpc) is 2.71. The van der Waals surface area contributed by atoms with Gasteiger partial charge in [-0.2, -0.15) is 5.26 Å². The number of rotatable bonds is 1. The van der Waals surface area contributed by atoms with Crippen LogP contribution in [-0.2, 0) is 5.54 Å². The molecular formula is C10H12ClN5. The van der Waals surface area contributed by atoms with Crippen LogP contribution in [-0.4, -0.2) is 15.5 Å². The zero-order valence-corrected chi connectivity index (χ0v) is 9.81. The lowest BCUT2D eigenvalue weighted by Crippen LogP contribution is -3.00. The van der Waals surface area contributed by atoms with E-state index in [2.05, 4.69) is 28.5 Å². The standard InChI is InChI=1S/C10H11N5.ClH/c1-8-5-3-4-6-10(8,2)15-9(7-11)12-13-14-15;/h3-6,8H,1-2H3;1H. The van der Waals surface area contributed by atoms with Crippen LogP contribution in [0.5, 0.6) is 0 Å². The first-order valence-corrected chi connectivity index (χ1v) is 4.78. The molecule has 1 heterocycles. The summed E-state index contributed by atoms with van der Waals surface area (Å²) in [5, 5.41) is 19.0. The Morgan fingerprint density at radius 1 is 1.56 bits per heavy atom. The number of hydrogen-bond acceptors (Lipinski definition) is 3. The third-order valence-electron chi connectivity index (χ3n) is 2.95. The summed E-state index contributed by atoms with van der Waals surface area (Å²) >= 11 is 0. The Labute approximate surface area is 99.9 Å². The Hall–Kier alpha value is -1.67. The molecule has 1 aliphatic rings. The number of halogens is 1. The summed E-state index contributed by atoms with van der Waals surface area (Å²) in [6, 6.07) is 2.02. The van der Waals surface area contributed by atoms with Crippen molar-refractivity contribution in [1.82, 2.24) is 15.5 Å². The van der Waals surface area contributed by atoms with Crippen molar-refractivity contribution >= 4 is 0 Å². The third-order valence-corrected chi connectivity index (χ3v) is 2.95. The molecule has 2 rings (SSSR count). The molecule has 2 unspecified atom stereocenters. The Bertz CT molecular complexity index is 470. The van der Waals surface area contributed by atoms with Crippen LogP contribution in [0.1, 0.15) is 19.7 Å². The molecular weight excluding hydrogens is 226 g/mol. The van der Waals surface area contributed by atoms with Crippen LogP contribution in [0, 0.1) is 17.2 Å². The SMILES string of the molecule is CC1C=CC=CC1(C)[n+]1[nH]nnc1C#N.[Cl-]. The Balaban J connectivity index is 0.00000128. The summed E-state index contributed by atoms with van der Waals surface area (Å²) in [5.41, 5.74) is -0.302. The van der Waals surface area contributed by atoms with Gasteiger partial charge in [0.2, 0.25) is 0 Å². The van der Waals surface area contributed by atoms with Crippen molar-refractivity contribution < 1.29 is 17.1 Å². The Kier molecular flexibility index (Phi) is 3.45. The maximum atomic E-state index is 8.90. The smallest absolute Gasteiger partial charge is 0.403 e. The topological polar surface area (TPSA) is 69.2 Å². The van der Waals surface area contributed by atoms with E-state index in [4.69, 9.17) is 5.26 Å². The first-order valence-electron chi connectivity index (χ1n) is 4.78. The van der Waals surface area contributed by atoms with Gasteiger partial charge in [0.15, 0.2) is 11.3 Å². The molecule has 0 spiro atoms. The van der Waals surface area contributed by atoms with Crippen LogP contribution in [0.25, 0.3) is 0 Å². The molecule has 84 valence electrons. The molecule has 1 aromatic rings. The maximum Gasteiger partial charge on any atom is 0.403 e. The number of nitrogens with zero attached hydrogens (tertiary/aromatic N) is 4. The quantitative estimate of drug-likeness (QED) is 0.547. The fraction of sp³-hybridized carbons (Fsp3) is 0.400. The van der Waals surface area contributed by atoms with Crippen LogP contribution in [0.15, 0.2) is 24.3 Å². The van der Waals surface area contributed by atoms with Gasteiger partial charge in [0.1, 0.15) is 10.6 Å². The number of aromatic nitrogens is 4. The average molecular weight is 238 g/mol. The van der Waals surface area contributed by atoms with E-state index in [1.54, 1.807) is 4.68 Å². The van der Waals surface area contributed by atoms with Crippen LogP contribution >= 0.6 is 0 Å². The predicted molar refractivity (Wildman–Crippen MR) is 52.4 cm³/mol. The van der Waals surface area contributed by atoms with E-state index >= 15 is 0 Å². The van der Waals surface area contributed by atoms with Gasteiger partial charge < -0.3 is 12.4 Å². The Morgan fingerprint density at radius 2 is 2.31 bits per heavy atom. The van der Waals surface area contributed by atoms with Crippen molar-refractivity contribution in [1.29, 1.82) is 5.26 Å². The second kappa shape index (κ2) is 4.45. The second-order valence-electron chi connectivity index (χ2n) is 3.83. The van der Waals surface area contributed by atoms with Crippen molar-refractivity contribution in [3.63, 3.8) is 0 Å². The highest BCUT2D eigenvalue weighted by Gasteiger charge is 2.38. The van der Waals surface area contributed by atoms with Crippen molar-refractivity contribution in [2.45, 2.75) is 19.4 Å². The third kappa shape index (κ3) is 1.72. The summed E-state index contributed by atoms with van der Waals surface area (Å²) in [4.78, 5) is 0. The second-order valence-corrected chi connectivity index (χ2v) is 3.83. The van der Waals surface area contributed by atoms with Gasteiger partial charge in [-0.15, -0.1) is 4.68 Å². The molecule has 1 aliphatic carbocycles. The molecule has 0 aliphatic heterocycles. The lowest BCUT2D eigenvalue weighted by atomic mass is 9.83. The van der Waals surface area contributed by atoms with Gasteiger partial charge in [0.05, 0.1) is 0 Å². The minimum Gasteiger partial charge on any atom is -1.00 e. The van der Waals surface area contributed by atoms with E-state index in [1.807, 2.05) is 31.2 Å². The number of nitriles is 1. The van der Waals surface area contributed by atoms with E-state index in [9.17, 15) is 0 Å². The number of aromatic amines is 1. The molecule has 16 heavy (non-hydrogen) atoms. The first-order chi connectivity index (χ1) is 7.18. The van der Waals surface area contributed by atoms with Gasteiger partial charge in [0, 0.05) is 5.92 Å². The minimum atomic E-state index is -0.302. The van der Waals surface area contributed by atoms with Gasteiger partial charge in [-0.3, -0.25) is 0 Å². The van der Waals surface area contributed by atoms with Crippen LogP contribution < -0.4 is 17.1 Å². The fourth-order valence-electron chi connectivity index (χ4n) is 1.72. The number of hydrogen-bond donors (Lipinski definition) is 1. The van der Waals surface area contributed by atoms with Crippen LogP contribution in [0.3, 0.4) is 0 Å². The molecule has 0 saturated carbocycles. The van der Waals surface area contributed by atoms with Crippen LogP contribution in [0.2, 0.25) is 0 Å². The van der Waals surface area contributed by atoms with E-state index in [-0.39, 0.29) is 23.9 Å². The van der Waals surface area contributed by atoms with E-state index < -0.39 is 0 Å². The highest BCUT2D eigenvalue weighted by molar-refractivity contribution is 5.17.